The van der Waals surface area contributed by atoms with E-state index in [1.807, 2.05) is 0 Å². The number of nitrogens with one attached hydrogen (secondary N) is 1. The van der Waals surface area contributed by atoms with Crippen LogP contribution in [-0.2, 0) is 4.79 Å². The van der Waals surface area contributed by atoms with Gasteiger partial charge in [0, 0.05) is 5.56 Å². The molecule has 0 aliphatic carbocycles. The molecule has 0 fully saturated rings. The van der Waals surface area contributed by atoms with Crippen LogP contribution in [0.25, 0.3) is 11.4 Å². The molecule has 92 valence electrons. The summed E-state index contributed by atoms with van der Waals surface area (Å²) in [7, 11) is 1.54. The van der Waals surface area contributed by atoms with Gasteiger partial charge in [-0.3, -0.25) is 4.79 Å². The molecule has 0 bridgehead atoms. The normalized spacial score (nSPS) is 10.1. The largest absolute Gasteiger partial charge is 0.497 e. The summed E-state index contributed by atoms with van der Waals surface area (Å²) in [5.74, 6) is -1.47. The van der Waals surface area contributed by atoms with Crippen molar-refractivity contribution in [1.82, 2.24) is 9.97 Å². The third kappa shape index (κ3) is 2.22. The first kappa shape index (κ1) is 11.8. The lowest BCUT2D eigenvalue weighted by atomic mass is 10.2. The third-order valence-electron chi connectivity index (χ3n) is 2.36. The number of nitrogens with zero attached hydrogens (tertiary/aromatic N) is 1. The van der Waals surface area contributed by atoms with Crippen LogP contribution in [0.5, 0.6) is 5.75 Å². The van der Waals surface area contributed by atoms with Crippen molar-refractivity contribution in [3.63, 3.8) is 0 Å². The number of aromatic nitrogens is 2. The number of carboxylic acids is 1. The number of rotatable bonds is 4. The minimum absolute atomic E-state index is 0.0553. The summed E-state index contributed by atoms with van der Waals surface area (Å²) in [5.41, 5.74) is 0.652. The minimum Gasteiger partial charge on any atom is -0.497 e. The SMILES string of the molecule is COc1cccc(-c2ncc(C(=O)C(=O)O)[nH]2)c1. The zero-order valence-electron chi connectivity index (χ0n) is 9.51. The van der Waals surface area contributed by atoms with Crippen LogP contribution in [0.3, 0.4) is 0 Å². The maximum atomic E-state index is 11.2. The van der Waals surface area contributed by atoms with E-state index in [9.17, 15) is 9.59 Å². The highest BCUT2D eigenvalue weighted by Gasteiger charge is 2.17. The smallest absolute Gasteiger partial charge is 0.378 e. The monoisotopic (exact) mass is 246 g/mol. The molecule has 0 saturated heterocycles. The summed E-state index contributed by atoms with van der Waals surface area (Å²) in [6.45, 7) is 0. The zero-order valence-corrected chi connectivity index (χ0v) is 9.51. The van der Waals surface area contributed by atoms with Crippen LogP contribution in [0.4, 0.5) is 0 Å². The Morgan fingerprint density at radius 3 is 2.83 bits per heavy atom. The van der Waals surface area contributed by atoms with E-state index in [1.165, 1.54) is 6.20 Å². The molecule has 0 saturated carbocycles. The van der Waals surface area contributed by atoms with Crippen LogP contribution < -0.4 is 4.74 Å². The van der Waals surface area contributed by atoms with Crippen molar-refractivity contribution in [3.05, 3.63) is 36.2 Å². The van der Waals surface area contributed by atoms with Gasteiger partial charge in [0.05, 0.1) is 13.3 Å². The zero-order chi connectivity index (χ0) is 13.1. The molecule has 6 nitrogen and oxygen atoms in total. The number of carboxylic acid groups (broad SMARTS) is 1. The molecule has 1 heterocycles. The van der Waals surface area contributed by atoms with E-state index < -0.39 is 11.8 Å². The number of carbonyl (C=O) groups is 2. The van der Waals surface area contributed by atoms with Crippen molar-refractivity contribution >= 4 is 11.8 Å². The van der Waals surface area contributed by atoms with Crippen LogP contribution >= 0.6 is 0 Å². The lowest BCUT2D eigenvalue weighted by Crippen LogP contribution is -2.12. The molecular formula is C12H10N2O4. The second kappa shape index (κ2) is 4.70. The van der Waals surface area contributed by atoms with E-state index in [4.69, 9.17) is 9.84 Å². The van der Waals surface area contributed by atoms with Crippen LogP contribution in [0.1, 0.15) is 10.5 Å². The maximum Gasteiger partial charge on any atom is 0.378 e. The van der Waals surface area contributed by atoms with Crippen molar-refractivity contribution in [1.29, 1.82) is 0 Å². The molecule has 2 aromatic rings. The van der Waals surface area contributed by atoms with Crippen molar-refractivity contribution < 1.29 is 19.4 Å². The van der Waals surface area contributed by atoms with Crippen molar-refractivity contribution in [2.45, 2.75) is 0 Å². The molecule has 2 rings (SSSR count). The highest BCUT2D eigenvalue weighted by Crippen LogP contribution is 2.21. The van der Waals surface area contributed by atoms with Gasteiger partial charge in [0.1, 0.15) is 17.3 Å². The molecule has 1 aromatic carbocycles. The first-order chi connectivity index (χ1) is 8.61. The maximum absolute atomic E-state index is 11.2. The summed E-state index contributed by atoms with van der Waals surface area (Å²) >= 11 is 0. The molecule has 0 spiro atoms. The number of hydrogen-bond acceptors (Lipinski definition) is 4. The lowest BCUT2D eigenvalue weighted by Gasteiger charge is -2.01. The van der Waals surface area contributed by atoms with Gasteiger partial charge < -0.3 is 14.8 Å². The van der Waals surface area contributed by atoms with E-state index in [-0.39, 0.29) is 5.69 Å². The summed E-state index contributed by atoms with van der Waals surface area (Å²) in [6, 6.07) is 7.05. The summed E-state index contributed by atoms with van der Waals surface area (Å²) < 4.78 is 5.07. The van der Waals surface area contributed by atoms with Gasteiger partial charge in [-0.25, -0.2) is 9.78 Å². The van der Waals surface area contributed by atoms with Gasteiger partial charge in [0.15, 0.2) is 0 Å². The highest BCUT2D eigenvalue weighted by atomic mass is 16.5. The standard InChI is InChI=1S/C12H10N2O4/c1-18-8-4-2-3-7(5-8)11-13-6-9(14-11)10(15)12(16)17/h2-6H,1H3,(H,13,14)(H,16,17). The Kier molecular flexibility index (Phi) is 3.09. The molecule has 2 N–H and O–H groups in total. The fourth-order valence-electron chi connectivity index (χ4n) is 1.47. The van der Waals surface area contributed by atoms with Gasteiger partial charge in [-0.05, 0) is 12.1 Å². The Balaban J connectivity index is 2.34. The number of H-pyrrole nitrogens is 1. The molecule has 0 radical (unpaired) electrons. The number of Topliss-reactive ketones (excluding diaryl/α,β-unsaturated/α-hetero) is 1. The molecular weight excluding hydrogens is 236 g/mol. The predicted octanol–water partition coefficient (Wildman–Crippen LogP) is 1.35. The molecule has 0 amide bonds. The Morgan fingerprint density at radius 1 is 1.39 bits per heavy atom. The van der Waals surface area contributed by atoms with Gasteiger partial charge in [-0.2, -0.15) is 0 Å². The fraction of sp³-hybridized carbons (Fsp3) is 0.0833. The summed E-state index contributed by atoms with van der Waals surface area (Å²) in [4.78, 5) is 28.4. The Labute approximate surface area is 102 Å². The van der Waals surface area contributed by atoms with Gasteiger partial charge >= 0.3 is 5.97 Å². The second-order valence-corrected chi connectivity index (χ2v) is 3.51. The molecule has 0 unspecified atom stereocenters. The number of carbonyl (C=O) groups excluding carboxylic acids is 1. The Bertz CT molecular complexity index is 604. The molecule has 0 aliphatic rings. The molecule has 1 aromatic heterocycles. The third-order valence-corrected chi connectivity index (χ3v) is 2.36. The van der Waals surface area contributed by atoms with Crippen molar-refractivity contribution in [2.24, 2.45) is 0 Å². The topological polar surface area (TPSA) is 92.3 Å². The number of methoxy groups -OCH3 is 1. The first-order valence-corrected chi connectivity index (χ1v) is 5.09. The average molecular weight is 246 g/mol. The Morgan fingerprint density at radius 2 is 2.17 bits per heavy atom. The molecule has 18 heavy (non-hydrogen) atoms. The van der Waals surface area contributed by atoms with Gasteiger partial charge in [-0.1, -0.05) is 12.1 Å². The van der Waals surface area contributed by atoms with Gasteiger partial charge in [-0.15, -0.1) is 0 Å². The van der Waals surface area contributed by atoms with Crippen LogP contribution in [-0.4, -0.2) is 33.9 Å². The number of aromatic amines is 1. The quantitative estimate of drug-likeness (QED) is 0.627. The number of ketones is 1. The van der Waals surface area contributed by atoms with E-state index in [2.05, 4.69) is 9.97 Å². The average Bonchev–Trinajstić information content (AvgIpc) is 2.87. The van der Waals surface area contributed by atoms with E-state index >= 15 is 0 Å². The minimum atomic E-state index is -1.52. The number of hydrogen-bond donors (Lipinski definition) is 2. The molecule has 0 atom stereocenters. The fourth-order valence-corrected chi connectivity index (χ4v) is 1.47. The van der Waals surface area contributed by atoms with Crippen LogP contribution in [0.2, 0.25) is 0 Å². The van der Waals surface area contributed by atoms with Gasteiger partial charge in [0.25, 0.3) is 5.78 Å². The summed E-state index contributed by atoms with van der Waals surface area (Å²) in [6.07, 6.45) is 1.20. The van der Waals surface area contributed by atoms with E-state index in [1.54, 1.807) is 31.4 Å². The van der Waals surface area contributed by atoms with Crippen LogP contribution in [0.15, 0.2) is 30.5 Å². The Hall–Kier alpha value is -2.63. The molecule has 6 heteroatoms. The van der Waals surface area contributed by atoms with Crippen LogP contribution in [0, 0.1) is 0 Å². The highest BCUT2D eigenvalue weighted by molar-refractivity contribution is 6.39. The second-order valence-electron chi connectivity index (χ2n) is 3.51. The molecule has 0 aliphatic heterocycles. The van der Waals surface area contributed by atoms with Crippen molar-refractivity contribution in [3.8, 4) is 17.1 Å². The van der Waals surface area contributed by atoms with E-state index in [0.29, 0.717) is 17.1 Å². The van der Waals surface area contributed by atoms with Crippen molar-refractivity contribution in [2.75, 3.05) is 7.11 Å². The summed E-state index contributed by atoms with van der Waals surface area (Å²) in [5, 5.41) is 8.58. The number of imidazole rings is 1. The van der Waals surface area contributed by atoms with Gasteiger partial charge in [0.2, 0.25) is 0 Å². The van der Waals surface area contributed by atoms with E-state index in [0.717, 1.165) is 0 Å². The number of ether oxygens (including phenoxy) is 1. The number of aliphatic carboxylic acids is 1. The predicted molar refractivity (Wildman–Crippen MR) is 62.5 cm³/mol. The first-order valence-electron chi connectivity index (χ1n) is 5.09. The lowest BCUT2D eigenvalue weighted by molar-refractivity contribution is -0.131. The number of benzene rings is 1.